The van der Waals surface area contributed by atoms with Crippen LogP contribution in [0.4, 0.5) is 0 Å². The number of likely N-dealkylation sites (tertiary alicyclic amines) is 1. The molecule has 0 N–H and O–H groups in total. The number of hydrogen-bond donors (Lipinski definition) is 0. The molecule has 0 atom stereocenters. The van der Waals surface area contributed by atoms with Crippen molar-refractivity contribution in [3.8, 4) is 0 Å². The van der Waals surface area contributed by atoms with Crippen LogP contribution in [0.25, 0.3) is 32.6 Å². The molecular weight excluding hydrogens is 422 g/mol. The van der Waals surface area contributed by atoms with Crippen molar-refractivity contribution in [1.29, 1.82) is 0 Å². The minimum Gasteiger partial charge on any atom is -0.303 e. The number of fused-ring (bicyclic) bond motifs is 6. The zero-order valence-electron chi connectivity index (χ0n) is 17.7. The fraction of sp³-hybridized carbons (Fsp3) is 0.269. The van der Waals surface area contributed by atoms with Crippen molar-refractivity contribution in [2.75, 3.05) is 26.2 Å². The Morgan fingerprint density at radius 1 is 0.781 bits per heavy atom. The molecule has 0 unspecified atom stereocenters. The van der Waals surface area contributed by atoms with Gasteiger partial charge in [0.25, 0.3) is 11.8 Å². The van der Waals surface area contributed by atoms with Gasteiger partial charge in [-0.1, -0.05) is 30.3 Å². The summed E-state index contributed by atoms with van der Waals surface area (Å²) in [6.07, 6.45) is 3.32. The lowest BCUT2D eigenvalue weighted by Crippen LogP contribution is -2.33. The minimum absolute atomic E-state index is 0. The maximum atomic E-state index is 13.3. The van der Waals surface area contributed by atoms with Crippen LogP contribution in [0.5, 0.6) is 0 Å². The molecule has 1 fully saturated rings. The van der Waals surface area contributed by atoms with Crippen LogP contribution in [-0.2, 0) is 0 Å². The van der Waals surface area contributed by atoms with E-state index in [0.717, 1.165) is 58.6 Å². The Bertz CT molecular complexity index is 1380. The Hall–Kier alpha value is -3.02. The van der Waals surface area contributed by atoms with Gasteiger partial charge in [0, 0.05) is 17.3 Å². The van der Waals surface area contributed by atoms with Crippen molar-refractivity contribution in [3.63, 3.8) is 0 Å². The molecule has 4 aromatic rings. The molecule has 0 saturated carbocycles. The molecule has 0 radical (unpaired) electrons. The van der Waals surface area contributed by atoms with Gasteiger partial charge in [-0.25, -0.2) is 4.98 Å². The third kappa shape index (κ3) is 3.24. The van der Waals surface area contributed by atoms with Crippen molar-refractivity contribution in [2.24, 2.45) is 0 Å². The minimum atomic E-state index is -0.167. The molecule has 1 saturated heterocycles. The lowest BCUT2D eigenvalue weighted by Gasteiger charge is -2.18. The molecule has 3 heterocycles. The molecule has 5 nitrogen and oxygen atoms in total. The summed E-state index contributed by atoms with van der Waals surface area (Å²) in [5.41, 5.74) is 2.90. The quantitative estimate of drug-likeness (QED) is 0.251. The number of amides is 2. The van der Waals surface area contributed by atoms with Crippen molar-refractivity contribution >= 4 is 56.8 Å². The van der Waals surface area contributed by atoms with Gasteiger partial charge in [0.2, 0.25) is 0 Å². The zero-order chi connectivity index (χ0) is 20.9. The van der Waals surface area contributed by atoms with E-state index in [1.807, 2.05) is 48.5 Å². The summed E-state index contributed by atoms with van der Waals surface area (Å²) in [6.45, 7) is 3.67. The number of halogens is 1. The van der Waals surface area contributed by atoms with E-state index in [0.29, 0.717) is 17.7 Å². The lowest BCUT2D eigenvalue weighted by atomic mass is 9.97. The van der Waals surface area contributed by atoms with Crippen LogP contribution < -0.4 is 0 Å². The first kappa shape index (κ1) is 20.9. The molecule has 3 aromatic carbocycles. The molecule has 162 valence electrons. The predicted octanol–water partition coefficient (Wildman–Crippen LogP) is 5.04. The molecular formula is C26H24ClN3O2. The first-order chi connectivity index (χ1) is 15.2. The van der Waals surface area contributed by atoms with Crippen molar-refractivity contribution < 1.29 is 9.59 Å². The molecule has 6 rings (SSSR count). The van der Waals surface area contributed by atoms with E-state index < -0.39 is 0 Å². The Balaban J connectivity index is 0.00000216. The summed E-state index contributed by atoms with van der Waals surface area (Å²) in [5.74, 6) is -0.333. The van der Waals surface area contributed by atoms with Gasteiger partial charge >= 0.3 is 0 Å². The molecule has 2 aliphatic rings. The van der Waals surface area contributed by atoms with Gasteiger partial charge in [-0.2, -0.15) is 0 Å². The molecule has 6 heteroatoms. The Labute approximate surface area is 192 Å². The Morgan fingerprint density at radius 3 is 2.41 bits per heavy atom. The topological polar surface area (TPSA) is 53.5 Å². The van der Waals surface area contributed by atoms with E-state index in [1.54, 1.807) is 0 Å². The van der Waals surface area contributed by atoms with Crippen LogP contribution in [0.2, 0.25) is 0 Å². The smallest absolute Gasteiger partial charge is 0.262 e. The molecule has 1 aromatic heterocycles. The summed E-state index contributed by atoms with van der Waals surface area (Å²) >= 11 is 0. The molecule has 2 aliphatic heterocycles. The predicted molar refractivity (Wildman–Crippen MR) is 130 cm³/mol. The Morgan fingerprint density at radius 2 is 1.56 bits per heavy atom. The molecule has 0 spiro atoms. The van der Waals surface area contributed by atoms with E-state index in [-0.39, 0.29) is 24.2 Å². The van der Waals surface area contributed by atoms with Crippen LogP contribution in [0.1, 0.15) is 40.0 Å². The van der Waals surface area contributed by atoms with Gasteiger partial charge in [0.15, 0.2) is 0 Å². The SMILES string of the molecule is Cl.O=C1c2ccc3c(ccc4nc5ccccc5cc43)c2C(=O)N1CCCN1CCCC1. The number of nitrogens with zero attached hydrogens (tertiary/aromatic N) is 3. The van der Waals surface area contributed by atoms with E-state index in [2.05, 4.69) is 11.0 Å². The van der Waals surface area contributed by atoms with E-state index in [9.17, 15) is 9.59 Å². The highest BCUT2D eigenvalue weighted by Crippen LogP contribution is 2.35. The van der Waals surface area contributed by atoms with Crippen molar-refractivity contribution in [3.05, 3.63) is 65.7 Å². The van der Waals surface area contributed by atoms with Gasteiger partial charge in [0.05, 0.1) is 22.2 Å². The standard InChI is InChI=1S/C26H23N3O2.ClH/c30-25-20-9-8-18-19(10-11-23-21(18)16-17-6-1-2-7-22(17)27-23)24(20)26(31)29(25)15-5-14-28-12-3-4-13-28;/h1-2,6-11,16H,3-5,12-15H2;1H. The second-order valence-corrected chi connectivity index (χ2v) is 8.56. The summed E-state index contributed by atoms with van der Waals surface area (Å²) in [4.78, 5) is 34.9. The van der Waals surface area contributed by atoms with E-state index >= 15 is 0 Å². The number of benzene rings is 3. The summed E-state index contributed by atoms with van der Waals surface area (Å²) in [7, 11) is 0. The van der Waals surface area contributed by atoms with Crippen LogP contribution in [0.15, 0.2) is 54.6 Å². The second kappa shape index (κ2) is 8.15. The molecule has 0 aliphatic carbocycles. The summed E-state index contributed by atoms with van der Waals surface area (Å²) in [5, 5.41) is 3.87. The van der Waals surface area contributed by atoms with Crippen molar-refractivity contribution in [1.82, 2.24) is 14.8 Å². The van der Waals surface area contributed by atoms with Crippen LogP contribution in [0.3, 0.4) is 0 Å². The molecule has 32 heavy (non-hydrogen) atoms. The van der Waals surface area contributed by atoms with Gasteiger partial charge in [0.1, 0.15) is 0 Å². The highest BCUT2D eigenvalue weighted by molar-refractivity contribution is 6.28. The first-order valence-electron chi connectivity index (χ1n) is 11.0. The largest absolute Gasteiger partial charge is 0.303 e. The third-order valence-corrected chi connectivity index (χ3v) is 6.69. The van der Waals surface area contributed by atoms with E-state index in [1.165, 1.54) is 17.7 Å². The Kier molecular flexibility index (Phi) is 5.31. The normalized spacial score (nSPS) is 16.3. The van der Waals surface area contributed by atoms with Crippen LogP contribution in [-0.4, -0.2) is 52.8 Å². The zero-order valence-corrected chi connectivity index (χ0v) is 18.5. The average Bonchev–Trinajstić information content (AvgIpc) is 3.40. The summed E-state index contributed by atoms with van der Waals surface area (Å²) in [6, 6.07) is 17.8. The fourth-order valence-corrected chi connectivity index (χ4v) is 5.11. The number of carbonyl (C=O) groups is 2. The maximum absolute atomic E-state index is 13.3. The van der Waals surface area contributed by atoms with Crippen LogP contribution in [0, 0.1) is 0 Å². The molecule has 0 bridgehead atoms. The highest BCUT2D eigenvalue weighted by Gasteiger charge is 2.36. The second-order valence-electron chi connectivity index (χ2n) is 8.56. The van der Waals surface area contributed by atoms with Crippen LogP contribution >= 0.6 is 12.4 Å². The number of para-hydroxylation sites is 1. The number of hydrogen-bond acceptors (Lipinski definition) is 4. The third-order valence-electron chi connectivity index (χ3n) is 6.69. The van der Waals surface area contributed by atoms with Crippen molar-refractivity contribution in [2.45, 2.75) is 19.3 Å². The highest BCUT2D eigenvalue weighted by atomic mass is 35.5. The van der Waals surface area contributed by atoms with Gasteiger partial charge in [-0.15, -0.1) is 12.4 Å². The summed E-state index contributed by atoms with van der Waals surface area (Å²) < 4.78 is 0. The van der Waals surface area contributed by atoms with E-state index in [4.69, 9.17) is 4.98 Å². The number of aromatic nitrogens is 1. The monoisotopic (exact) mass is 445 g/mol. The molecule has 2 amide bonds. The lowest BCUT2D eigenvalue weighted by molar-refractivity contribution is 0.0649. The number of imide groups is 1. The number of rotatable bonds is 4. The maximum Gasteiger partial charge on any atom is 0.262 e. The van der Waals surface area contributed by atoms with Gasteiger partial charge in [-0.05, 0) is 73.9 Å². The first-order valence-corrected chi connectivity index (χ1v) is 11.0. The fourth-order valence-electron chi connectivity index (χ4n) is 5.11. The van der Waals surface area contributed by atoms with Gasteiger partial charge < -0.3 is 4.90 Å². The number of pyridine rings is 1. The van der Waals surface area contributed by atoms with Gasteiger partial charge in [-0.3, -0.25) is 14.5 Å². The number of carbonyl (C=O) groups excluding carboxylic acids is 2. The average molecular weight is 446 g/mol.